The number of piperidine rings is 2. The van der Waals surface area contributed by atoms with Crippen LogP contribution in [0.25, 0.3) is 0 Å². The molecule has 0 aromatic heterocycles. The highest BCUT2D eigenvalue weighted by atomic mass is 35.5. The second-order valence-corrected chi connectivity index (χ2v) is 9.07. The summed E-state index contributed by atoms with van der Waals surface area (Å²) in [5, 5.41) is 20.8. The number of hydrogen-bond acceptors (Lipinski definition) is 4. The van der Waals surface area contributed by atoms with Crippen LogP contribution in [0, 0.1) is 11.8 Å². The van der Waals surface area contributed by atoms with E-state index in [2.05, 4.69) is 22.0 Å². The zero-order valence-electron chi connectivity index (χ0n) is 16.3. The van der Waals surface area contributed by atoms with Gasteiger partial charge in [0.05, 0.1) is 17.7 Å². The predicted molar refractivity (Wildman–Crippen MR) is 109 cm³/mol. The molecule has 4 N–H and O–H groups in total. The van der Waals surface area contributed by atoms with Gasteiger partial charge in [-0.05, 0) is 69.6 Å². The molecule has 1 amide bonds. The summed E-state index contributed by atoms with van der Waals surface area (Å²) < 4.78 is 0. The molecule has 27 heavy (non-hydrogen) atoms. The molecule has 150 valence electrons. The smallest absolute Gasteiger partial charge is 0.225 e. The Morgan fingerprint density at radius 3 is 2.63 bits per heavy atom. The van der Waals surface area contributed by atoms with Crippen LogP contribution in [0.4, 0.5) is 0 Å². The Bertz CT molecular complexity index is 631. The van der Waals surface area contributed by atoms with E-state index in [-0.39, 0.29) is 24.0 Å². The van der Waals surface area contributed by atoms with Gasteiger partial charge >= 0.3 is 0 Å². The summed E-state index contributed by atoms with van der Waals surface area (Å²) in [4.78, 5) is 12.6. The Balaban J connectivity index is 1.40. The first-order valence-corrected chi connectivity index (χ1v) is 10.4. The van der Waals surface area contributed by atoms with Crippen molar-refractivity contribution >= 4 is 17.5 Å². The molecule has 2 aliphatic heterocycles. The summed E-state index contributed by atoms with van der Waals surface area (Å²) in [6.45, 7) is 5.17. The van der Waals surface area contributed by atoms with Gasteiger partial charge in [-0.2, -0.15) is 0 Å². The van der Waals surface area contributed by atoms with E-state index in [9.17, 15) is 9.90 Å². The lowest BCUT2D eigenvalue weighted by molar-refractivity contribution is -0.127. The minimum absolute atomic E-state index is 0.0189. The Hall–Kier alpha value is -1.14. The minimum atomic E-state index is -0.746. The predicted octanol–water partition coefficient (Wildman–Crippen LogP) is 2.46. The van der Waals surface area contributed by atoms with Gasteiger partial charge in [-0.15, -0.1) is 0 Å². The van der Waals surface area contributed by atoms with Gasteiger partial charge in [0.1, 0.15) is 0 Å². The molecular weight excluding hydrogens is 362 g/mol. The second kappa shape index (κ2) is 8.91. The largest absolute Gasteiger partial charge is 0.389 e. The fourth-order valence-electron chi connectivity index (χ4n) is 4.18. The number of rotatable bonds is 5. The van der Waals surface area contributed by atoms with Crippen molar-refractivity contribution in [3.8, 4) is 0 Å². The number of halogens is 1. The van der Waals surface area contributed by atoms with Crippen molar-refractivity contribution in [2.24, 2.45) is 11.8 Å². The number of carbonyl (C=O) groups is 1. The normalized spacial score (nSPS) is 29.3. The van der Waals surface area contributed by atoms with Crippen LogP contribution in [0.3, 0.4) is 0 Å². The third-order valence-electron chi connectivity index (χ3n) is 5.88. The van der Waals surface area contributed by atoms with Gasteiger partial charge in [-0.1, -0.05) is 23.7 Å². The highest BCUT2D eigenvalue weighted by molar-refractivity contribution is 6.30. The third-order valence-corrected chi connectivity index (χ3v) is 6.12. The summed E-state index contributed by atoms with van der Waals surface area (Å²) in [6.07, 6.45) is 4.75. The lowest BCUT2D eigenvalue weighted by Gasteiger charge is -2.37. The second-order valence-electron chi connectivity index (χ2n) is 8.64. The van der Waals surface area contributed by atoms with Gasteiger partial charge < -0.3 is 15.7 Å². The molecule has 0 spiro atoms. The average molecular weight is 394 g/mol. The van der Waals surface area contributed by atoms with E-state index in [0.29, 0.717) is 12.5 Å². The van der Waals surface area contributed by atoms with Gasteiger partial charge in [0.25, 0.3) is 0 Å². The maximum Gasteiger partial charge on any atom is 0.225 e. The van der Waals surface area contributed by atoms with Gasteiger partial charge in [0, 0.05) is 24.2 Å². The van der Waals surface area contributed by atoms with E-state index in [1.165, 1.54) is 5.56 Å². The van der Waals surface area contributed by atoms with Gasteiger partial charge in [0.2, 0.25) is 5.91 Å². The molecule has 0 radical (unpaired) electrons. The Labute approximate surface area is 167 Å². The molecule has 4 unspecified atom stereocenters. The molecule has 2 heterocycles. The van der Waals surface area contributed by atoms with E-state index in [4.69, 9.17) is 11.6 Å². The summed E-state index contributed by atoms with van der Waals surface area (Å²) in [7, 11) is 0. The van der Waals surface area contributed by atoms with Gasteiger partial charge in [0.15, 0.2) is 0 Å². The van der Waals surface area contributed by atoms with Crippen molar-refractivity contribution in [1.29, 1.82) is 0 Å². The molecule has 2 fully saturated rings. The maximum atomic E-state index is 12.6. The van der Waals surface area contributed by atoms with E-state index in [0.717, 1.165) is 43.7 Å². The van der Waals surface area contributed by atoms with Crippen LogP contribution in [0.15, 0.2) is 24.3 Å². The van der Waals surface area contributed by atoms with E-state index in [1.807, 2.05) is 32.0 Å². The van der Waals surface area contributed by atoms with Crippen molar-refractivity contribution in [1.82, 2.24) is 16.0 Å². The number of carbonyl (C=O) groups excluding carboxylic acids is 1. The van der Waals surface area contributed by atoms with Gasteiger partial charge in [-0.25, -0.2) is 0 Å². The quantitative estimate of drug-likeness (QED) is 0.620. The number of aliphatic hydroxyl groups is 1. The summed E-state index contributed by atoms with van der Waals surface area (Å²) >= 11 is 6.07. The Kier molecular flexibility index (Phi) is 6.79. The highest BCUT2D eigenvalue weighted by Gasteiger charge is 2.34. The topological polar surface area (TPSA) is 73.4 Å². The molecule has 0 bridgehead atoms. The van der Waals surface area contributed by atoms with Crippen molar-refractivity contribution in [3.05, 3.63) is 34.9 Å². The molecule has 1 aromatic rings. The van der Waals surface area contributed by atoms with Crippen LogP contribution in [0.1, 0.15) is 45.1 Å². The monoisotopic (exact) mass is 393 g/mol. The molecule has 1 aromatic carbocycles. The van der Waals surface area contributed by atoms with Crippen LogP contribution >= 0.6 is 11.6 Å². The molecular formula is C21H32ClN3O2. The average Bonchev–Trinajstić information content (AvgIpc) is 2.63. The first kappa shape index (κ1) is 20.6. The van der Waals surface area contributed by atoms with Crippen LogP contribution in [-0.2, 0) is 11.2 Å². The summed E-state index contributed by atoms with van der Waals surface area (Å²) in [6, 6.07) is 8.11. The number of nitrogens with one attached hydrogen (secondary N) is 3. The highest BCUT2D eigenvalue weighted by Crippen LogP contribution is 2.23. The molecule has 3 rings (SSSR count). The molecule has 5 nitrogen and oxygen atoms in total. The SMILES string of the molecule is CC(C)(O)C1CCC(C(=O)NC2CCC(Cc3cccc(Cl)c3)CN2)CN1. The van der Waals surface area contributed by atoms with Crippen LogP contribution in [0.5, 0.6) is 0 Å². The fraction of sp³-hybridized carbons (Fsp3) is 0.667. The van der Waals surface area contributed by atoms with Crippen molar-refractivity contribution < 1.29 is 9.90 Å². The van der Waals surface area contributed by atoms with Crippen LogP contribution in [0.2, 0.25) is 5.02 Å². The zero-order chi connectivity index (χ0) is 19.4. The summed E-state index contributed by atoms with van der Waals surface area (Å²) in [5.41, 5.74) is 0.524. The molecule has 2 saturated heterocycles. The maximum absolute atomic E-state index is 12.6. The number of amides is 1. The third kappa shape index (κ3) is 5.92. The lowest BCUT2D eigenvalue weighted by atomic mass is 9.86. The standard InChI is InChI=1S/C21H32ClN3O2/c1-21(2,27)18-8-7-16(13-23-18)20(26)25-19-9-6-15(12-24-19)10-14-4-3-5-17(22)11-14/h3-5,11,15-16,18-19,23-24,27H,6-10,12-13H2,1-2H3,(H,25,26). The first-order chi connectivity index (χ1) is 12.8. The number of hydrogen-bond donors (Lipinski definition) is 4. The van der Waals surface area contributed by atoms with E-state index < -0.39 is 5.60 Å². The molecule has 6 heteroatoms. The van der Waals surface area contributed by atoms with Crippen molar-refractivity contribution in [2.45, 2.75) is 63.8 Å². The molecule has 4 atom stereocenters. The van der Waals surface area contributed by atoms with E-state index >= 15 is 0 Å². The molecule has 2 aliphatic rings. The number of benzene rings is 1. The minimum Gasteiger partial charge on any atom is -0.389 e. The summed E-state index contributed by atoms with van der Waals surface area (Å²) in [5.74, 6) is 0.664. The van der Waals surface area contributed by atoms with E-state index in [1.54, 1.807) is 0 Å². The molecule has 0 aliphatic carbocycles. The Morgan fingerprint density at radius 2 is 2.04 bits per heavy atom. The Morgan fingerprint density at radius 1 is 1.22 bits per heavy atom. The van der Waals surface area contributed by atoms with Crippen molar-refractivity contribution in [2.75, 3.05) is 13.1 Å². The first-order valence-electron chi connectivity index (χ1n) is 10.0. The zero-order valence-corrected chi connectivity index (χ0v) is 17.1. The lowest BCUT2D eigenvalue weighted by Crippen LogP contribution is -2.56. The fourth-order valence-corrected chi connectivity index (χ4v) is 4.40. The molecule has 0 saturated carbocycles. The van der Waals surface area contributed by atoms with Crippen LogP contribution < -0.4 is 16.0 Å². The van der Waals surface area contributed by atoms with Crippen LogP contribution in [-0.4, -0.2) is 41.9 Å². The van der Waals surface area contributed by atoms with Gasteiger partial charge in [-0.3, -0.25) is 10.1 Å². The van der Waals surface area contributed by atoms with Crippen molar-refractivity contribution in [3.63, 3.8) is 0 Å².